The van der Waals surface area contributed by atoms with E-state index in [2.05, 4.69) is 25.7 Å². The number of amides is 1. The van der Waals surface area contributed by atoms with Crippen LogP contribution in [-0.2, 0) is 4.79 Å². The van der Waals surface area contributed by atoms with Crippen molar-refractivity contribution in [2.75, 3.05) is 28.7 Å². The summed E-state index contributed by atoms with van der Waals surface area (Å²) in [4.78, 5) is 25.4. The molecule has 1 heterocycles. The summed E-state index contributed by atoms with van der Waals surface area (Å²) >= 11 is 0. The lowest BCUT2D eigenvalue weighted by molar-refractivity contribution is -0.118. The first kappa shape index (κ1) is 14.9. The van der Waals surface area contributed by atoms with Gasteiger partial charge in [0.1, 0.15) is 6.04 Å². The van der Waals surface area contributed by atoms with Gasteiger partial charge in [0.15, 0.2) is 0 Å². The van der Waals surface area contributed by atoms with Crippen molar-refractivity contribution in [2.24, 2.45) is 11.6 Å². The van der Waals surface area contributed by atoms with E-state index in [4.69, 9.17) is 11.6 Å². The Morgan fingerprint density at radius 1 is 1.26 bits per heavy atom. The van der Waals surface area contributed by atoms with Crippen LogP contribution >= 0.6 is 0 Å². The Bertz CT molecular complexity index is 434. The second kappa shape index (κ2) is 6.69. The van der Waals surface area contributed by atoms with E-state index < -0.39 is 11.9 Å². The maximum atomic E-state index is 11.0. The van der Waals surface area contributed by atoms with Crippen molar-refractivity contribution in [2.45, 2.75) is 26.8 Å². The van der Waals surface area contributed by atoms with E-state index in [-0.39, 0.29) is 11.9 Å². The van der Waals surface area contributed by atoms with Crippen LogP contribution in [0.25, 0.3) is 0 Å². The lowest BCUT2D eigenvalue weighted by Gasteiger charge is -2.20. The molecule has 1 rings (SSSR count). The molecule has 1 aromatic heterocycles. The molecule has 0 saturated carbocycles. The molecule has 0 aromatic carbocycles. The number of nitrogens with two attached hydrogens (primary N) is 2. The fraction of sp³-hybridized carbons (Fsp3) is 0.600. The van der Waals surface area contributed by atoms with Gasteiger partial charge in [-0.1, -0.05) is 0 Å². The average molecular weight is 268 g/mol. The van der Waals surface area contributed by atoms with E-state index in [9.17, 15) is 4.79 Å². The van der Waals surface area contributed by atoms with Gasteiger partial charge < -0.3 is 16.0 Å². The summed E-state index contributed by atoms with van der Waals surface area (Å²) < 4.78 is 0. The molecular weight excluding hydrogens is 248 g/mol. The van der Waals surface area contributed by atoms with E-state index in [0.29, 0.717) is 5.95 Å². The molecule has 0 aliphatic heterocycles. The number of primary amides is 1. The maximum Gasteiger partial charge on any atom is 0.243 e. The van der Waals surface area contributed by atoms with Gasteiger partial charge in [0.25, 0.3) is 0 Å². The molecule has 1 unspecified atom stereocenters. The number of aromatic nitrogens is 3. The van der Waals surface area contributed by atoms with Crippen LogP contribution in [0.2, 0.25) is 0 Å². The van der Waals surface area contributed by atoms with Gasteiger partial charge in [-0.2, -0.15) is 15.0 Å². The van der Waals surface area contributed by atoms with E-state index >= 15 is 0 Å². The molecule has 0 aliphatic carbocycles. The predicted octanol–water partition coefficient (Wildman–Crippen LogP) is -0.711. The molecule has 6 N–H and O–H groups in total. The fourth-order valence-corrected chi connectivity index (χ4v) is 1.41. The van der Waals surface area contributed by atoms with Crippen LogP contribution in [0.4, 0.5) is 17.8 Å². The summed E-state index contributed by atoms with van der Waals surface area (Å²) in [5.74, 6) is 5.77. The van der Waals surface area contributed by atoms with Gasteiger partial charge in [0.05, 0.1) is 0 Å². The molecule has 0 aliphatic rings. The Balaban J connectivity index is 3.04. The third kappa shape index (κ3) is 3.91. The molecule has 1 amide bonds. The molecule has 0 fully saturated rings. The van der Waals surface area contributed by atoms with Gasteiger partial charge in [-0.05, 0) is 20.8 Å². The maximum absolute atomic E-state index is 11.0. The Morgan fingerprint density at radius 3 is 2.32 bits per heavy atom. The summed E-state index contributed by atoms with van der Waals surface area (Å²) in [5.41, 5.74) is 7.55. The van der Waals surface area contributed by atoms with E-state index in [1.54, 1.807) is 6.92 Å². The molecule has 1 atom stereocenters. The number of nitrogen functional groups attached to an aromatic ring is 1. The monoisotopic (exact) mass is 268 g/mol. The quantitative estimate of drug-likeness (QED) is 0.376. The molecule has 0 radical (unpaired) electrons. The molecule has 0 spiro atoms. The molecule has 0 bridgehead atoms. The number of hydrogen-bond acceptors (Lipinski definition) is 8. The zero-order valence-corrected chi connectivity index (χ0v) is 11.3. The standard InChI is InChI=1S/C10H20N8O/c1-4-18(5-2)10-15-8(13-6(3)7(11)19)14-9(16-10)17-12/h6H,4-5,12H2,1-3H3,(H2,11,19)(H2,13,14,15,16,17). The van der Waals surface area contributed by atoms with Crippen LogP contribution in [0.15, 0.2) is 0 Å². The van der Waals surface area contributed by atoms with Crippen LogP contribution in [0.3, 0.4) is 0 Å². The highest BCUT2D eigenvalue weighted by atomic mass is 16.1. The Hall–Kier alpha value is -2.16. The van der Waals surface area contributed by atoms with Gasteiger partial charge in [-0.25, -0.2) is 5.84 Å². The zero-order chi connectivity index (χ0) is 14.4. The minimum atomic E-state index is -0.586. The van der Waals surface area contributed by atoms with Crippen molar-refractivity contribution >= 4 is 23.8 Å². The molecule has 9 nitrogen and oxygen atoms in total. The van der Waals surface area contributed by atoms with Gasteiger partial charge in [0.2, 0.25) is 23.8 Å². The third-order valence-electron chi connectivity index (χ3n) is 2.57. The summed E-state index contributed by atoms with van der Waals surface area (Å²) in [5, 5.41) is 2.80. The van der Waals surface area contributed by atoms with Crippen molar-refractivity contribution in [3.05, 3.63) is 0 Å². The normalized spacial score (nSPS) is 11.8. The first-order chi connectivity index (χ1) is 9.01. The Labute approximate surface area is 111 Å². The number of nitrogens with zero attached hydrogens (tertiary/aromatic N) is 4. The van der Waals surface area contributed by atoms with E-state index in [1.807, 2.05) is 18.7 Å². The van der Waals surface area contributed by atoms with Crippen molar-refractivity contribution in [3.8, 4) is 0 Å². The number of carbonyl (C=O) groups excluding carboxylic acids is 1. The summed E-state index contributed by atoms with van der Waals surface area (Å²) in [7, 11) is 0. The molecule has 0 saturated heterocycles. The number of carbonyl (C=O) groups is 1. The lowest BCUT2D eigenvalue weighted by Crippen LogP contribution is -2.34. The molecule has 9 heteroatoms. The number of nitrogens with one attached hydrogen (secondary N) is 2. The van der Waals surface area contributed by atoms with Gasteiger partial charge in [-0.15, -0.1) is 0 Å². The number of hydrogen-bond donors (Lipinski definition) is 4. The minimum absolute atomic E-state index is 0.219. The molecule has 1 aromatic rings. The van der Waals surface area contributed by atoms with E-state index in [0.717, 1.165) is 13.1 Å². The number of anilines is 3. The van der Waals surface area contributed by atoms with Crippen molar-refractivity contribution in [1.82, 2.24) is 15.0 Å². The highest BCUT2D eigenvalue weighted by Crippen LogP contribution is 2.13. The van der Waals surface area contributed by atoms with Crippen molar-refractivity contribution in [1.29, 1.82) is 0 Å². The second-order valence-corrected chi connectivity index (χ2v) is 3.87. The highest BCUT2D eigenvalue weighted by Gasteiger charge is 2.14. The third-order valence-corrected chi connectivity index (χ3v) is 2.57. The van der Waals surface area contributed by atoms with Gasteiger partial charge in [-0.3, -0.25) is 10.2 Å². The number of hydrazine groups is 1. The van der Waals surface area contributed by atoms with Crippen molar-refractivity contribution in [3.63, 3.8) is 0 Å². The molecule has 19 heavy (non-hydrogen) atoms. The highest BCUT2D eigenvalue weighted by molar-refractivity contribution is 5.81. The predicted molar refractivity (Wildman–Crippen MR) is 73.5 cm³/mol. The Kier molecular flexibility index (Phi) is 5.24. The summed E-state index contributed by atoms with van der Waals surface area (Å²) in [6.45, 7) is 7.09. The van der Waals surface area contributed by atoms with Crippen molar-refractivity contribution < 1.29 is 4.79 Å². The topological polar surface area (TPSA) is 135 Å². The molecule has 106 valence electrons. The van der Waals surface area contributed by atoms with Crippen LogP contribution in [0.5, 0.6) is 0 Å². The lowest BCUT2D eigenvalue weighted by atomic mass is 10.3. The number of rotatable bonds is 7. The van der Waals surface area contributed by atoms with Crippen LogP contribution in [-0.4, -0.2) is 40.0 Å². The first-order valence-electron chi connectivity index (χ1n) is 6.05. The van der Waals surface area contributed by atoms with Gasteiger partial charge in [0, 0.05) is 13.1 Å². The van der Waals surface area contributed by atoms with E-state index in [1.165, 1.54) is 0 Å². The summed E-state index contributed by atoms with van der Waals surface area (Å²) in [6, 6.07) is -0.586. The average Bonchev–Trinajstić information content (AvgIpc) is 2.39. The fourth-order valence-electron chi connectivity index (χ4n) is 1.41. The largest absolute Gasteiger partial charge is 0.368 e. The first-order valence-corrected chi connectivity index (χ1v) is 6.05. The second-order valence-electron chi connectivity index (χ2n) is 3.87. The smallest absolute Gasteiger partial charge is 0.243 e. The van der Waals surface area contributed by atoms with Crippen LogP contribution in [0, 0.1) is 0 Å². The van der Waals surface area contributed by atoms with Crippen LogP contribution in [0.1, 0.15) is 20.8 Å². The SMILES string of the molecule is CCN(CC)c1nc(NN)nc(NC(C)C(N)=O)n1. The Morgan fingerprint density at radius 2 is 1.84 bits per heavy atom. The summed E-state index contributed by atoms with van der Waals surface area (Å²) in [6.07, 6.45) is 0. The van der Waals surface area contributed by atoms with Gasteiger partial charge >= 0.3 is 0 Å². The molecular formula is C10H20N8O. The minimum Gasteiger partial charge on any atom is -0.368 e. The van der Waals surface area contributed by atoms with Crippen LogP contribution < -0.4 is 27.2 Å². The zero-order valence-electron chi connectivity index (χ0n) is 11.3.